The maximum Gasteiger partial charge on any atom is 0.244 e. The van der Waals surface area contributed by atoms with Crippen molar-refractivity contribution in [1.82, 2.24) is 0 Å². The zero-order valence-electron chi connectivity index (χ0n) is 13.1. The Hall–Kier alpha value is -2.62. The normalized spacial score (nSPS) is 10.1. The van der Waals surface area contributed by atoms with E-state index in [4.69, 9.17) is 0 Å². The number of nitrogens with zero attached hydrogens (tertiary/aromatic N) is 1. The van der Waals surface area contributed by atoms with E-state index < -0.39 is 0 Å². The van der Waals surface area contributed by atoms with Gasteiger partial charge in [0, 0.05) is 18.3 Å². The van der Waals surface area contributed by atoms with Gasteiger partial charge >= 0.3 is 0 Å². The predicted molar refractivity (Wildman–Crippen MR) is 89.0 cm³/mol. The molecule has 0 saturated heterocycles. The first-order chi connectivity index (χ1) is 10.5. The lowest BCUT2D eigenvalue weighted by atomic mass is 10.1. The standard InChI is InChI=1S/C18H20N2O2/c1-13-8-7-11-17(14(13)2)20(15(3)21)12-18(22)19-16-9-5-4-6-10-16/h4-11H,12H2,1-3H3,(H,19,22). The molecule has 0 fully saturated rings. The maximum atomic E-state index is 12.2. The van der Waals surface area contributed by atoms with Crippen molar-refractivity contribution in [2.24, 2.45) is 0 Å². The molecule has 0 radical (unpaired) electrons. The second-order valence-electron chi connectivity index (χ2n) is 5.24. The van der Waals surface area contributed by atoms with E-state index in [2.05, 4.69) is 5.32 Å². The summed E-state index contributed by atoms with van der Waals surface area (Å²) in [6.07, 6.45) is 0. The van der Waals surface area contributed by atoms with Gasteiger partial charge in [-0.2, -0.15) is 0 Å². The molecule has 0 heterocycles. The van der Waals surface area contributed by atoms with Crippen LogP contribution < -0.4 is 10.2 Å². The number of benzene rings is 2. The average Bonchev–Trinajstić information content (AvgIpc) is 2.49. The molecule has 2 amide bonds. The molecule has 0 unspecified atom stereocenters. The number of rotatable bonds is 4. The van der Waals surface area contributed by atoms with Gasteiger partial charge in [0.15, 0.2) is 0 Å². The molecule has 1 N–H and O–H groups in total. The summed E-state index contributed by atoms with van der Waals surface area (Å²) in [5.41, 5.74) is 3.59. The first-order valence-corrected chi connectivity index (χ1v) is 7.18. The van der Waals surface area contributed by atoms with Crippen molar-refractivity contribution in [3.05, 3.63) is 59.7 Å². The number of amides is 2. The molecule has 2 aromatic carbocycles. The summed E-state index contributed by atoms with van der Waals surface area (Å²) < 4.78 is 0. The van der Waals surface area contributed by atoms with Crippen LogP contribution in [0.4, 0.5) is 11.4 Å². The Morgan fingerprint density at radius 2 is 1.68 bits per heavy atom. The Morgan fingerprint density at radius 1 is 1.00 bits per heavy atom. The second-order valence-corrected chi connectivity index (χ2v) is 5.24. The Balaban J connectivity index is 2.17. The van der Waals surface area contributed by atoms with Gasteiger partial charge in [0.1, 0.15) is 6.54 Å². The maximum absolute atomic E-state index is 12.2. The molecule has 0 aliphatic rings. The molecule has 114 valence electrons. The molecule has 0 aliphatic heterocycles. The highest BCUT2D eigenvalue weighted by atomic mass is 16.2. The summed E-state index contributed by atoms with van der Waals surface area (Å²) in [7, 11) is 0. The smallest absolute Gasteiger partial charge is 0.244 e. The molecular weight excluding hydrogens is 276 g/mol. The number of anilines is 2. The highest BCUT2D eigenvalue weighted by molar-refractivity contribution is 6.02. The van der Waals surface area contributed by atoms with E-state index >= 15 is 0 Å². The van der Waals surface area contributed by atoms with E-state index in [1.165, 1.54) is 11.8 Å². The van der Waals surface area contributed by atoms with Crippen molar-refractivity contribution < 1.29 is 9.59 Å². The molecule has 0 spiro atoms. The van der Waals surface area contributed by atoms with Gasteiger partial charge in [-0.1, -0.05) is 30.3 Å². The number of hydrogen-bond donors (Lipinski definition) is 1. The lowest BCUT2D eigenvalue weighted by Gasteiger charge is -2.23. The number of carbonyl (C=O) groups is 2. The second kappa shape index (κ2) is 6.89. The topological polar surface area (TPSA) is 49.4 Å². The van der Waals surface area contributed by atoms with Crippen LogP contribution in [0.2, 0.25) is 0 Å². The van der Waals surface area contributed by atoms with Crippen molar-refractivity contribution in [1.29, 1.82) is 0 Å². The van der Waals surface area contributed by atoms with Crippen LogP contribution in [0.25, 0.3) is 0 Å². The van der Waals surface area contributed by atoms with Crippen LogP contribution in [0.15, 0.2) is 48.5 Å². The van der Waals surface area contributed by atoms with Gasteiger partial charge in [-0.15, -0.1) is 0 Å². The van der Waals surface area contributed by atoms with Gasteiger partial charge in [0.2, 0.25) is 11.8 Å². The Kier molecular flexibility index (Phi) is 4.94. The lowest BCUT2D eigenvalue weighted by molar-refractivity contribution is -0.120. The molecule has 2 rings (SSSR count). The average molecular weight is 296 g/mol. The van der Waals surface area contributed by atoms with Gasteiger partial charge in [-0.25, -0.2) is 0 Å². The lowest BCUT2D eigenvalue weighted by Crippen LogP contribution is -2.37. The molecule has 4 nitrogen and oxygen atoms in total. The third-order valence-corrected chi connectivity index (χ3v) is 3.61. The van der Waals surface area contributed by atoms with Crippen LogP contribution in [0, 0.1) is 13.8 Å². The van der Waals surface area contributed by atoms with E-state index in [1.54, 1.807) is 0 Å². The fraction of sp³-hybridized carbons (Fsp3) is 0.222. The van der Waals surface area contributed by atoms with Crippen LogP contribution >= 0.6 is 0 Å². The number of para-hydroxylation sites is 1. The number of aryl methyl sites for hydroxylation is 1. The number of nitrogens with one attached hydrogen (secondary N) is 1. The molecule has 4 heteroatoms. The van der Waals surface area contributed by atoms with Gasteiger partial charge in [-0.05, 0) is 43.2 Å². The van der Waals surface area contributed by atoms with Crippen molar-refractivity contribution in [2.45, 2.75) is 20.8 Å². The van der Waals surface area contributed by atoms with E-state index in [0.717, 1.165) is 22.5 Å². The van der Waals surface area contributed by atoms with E-state index in [1.807, 2.05) is 62.4 Å². The highest BCUT2D eigenvalue weighted by Gasteiger charge is 2.18. The van der Waals surface area contributed by atoms with Crippen LogP contribution in [-0.4, -0.2) is 18.4 Å². The van der Waals surface area contributed by atoms with Crippen LogP contribution in [0.1, 0.15) is 18.1 Å². The first kappa shape index (κ1) is 15.8. The summed E-state index contributed by atoms with van der Waals surface area (Å²) in [6.45, 7) is 5.41. The molecule has 0 bridgehead atoms. The molecule has 2 aromatic rings. The number of hydrogen-bond acceptors (Lipinski definition) is 2. The molecule has 0 atom stereocenters. The summed E-state index contributed by atoms with van der Waals surface area (Å²) in [5, 5.41) is 2.80. The van der Waals surface area contributed by atoms with Crippen molar-refractivity contribution in [2.75, 3.05) is 16.8 Å². The largest absolute Gasteiger partial charge is 0.325 e. The fourth-order valence-electron chi connectivity index (χ4n) is 2.26. The van der Waals surface area contributed by atoms with Gasteiger partial charge in [0.25, 0.3) is 0 Å². The highest BCUT2D eigenvalue weighted by Crippen LogP contribution is 2.23. The zero-order valence-corrected chi connectivity index (χ0v) is 13.1. The van der Waals surface area contributed by atoms with E-state index in [9.17, 15) is 9.59 Å². The van der Waals surface area contributed by atoms with E-state index in [-0.39, 0.29) is 18.4 Å². The van der Waals surface area contributed by atoms with Crippen LogP contribution in [0.5, 0.6) is 0 Å². The van der Waals surface area contributed by atoms with Crippen molar-refractivity contribution >= 4 is 23.2 Å². The minimum absolute atomic E-state index is 0.00544. The molecule has 0 saturated carbocycles. The minimum Gasteiger partial charge on any atom is -0.325 e. The van der Waals surface area contributed by atoms with E-state index in [0.29, 0.717) is 0 Å². The third kappa shape index (κ3) is 3.73. The minimum atomic E-state index is -0.220. The monoisotopic (exact) mass is 296 g/mol. The Bertz CT molecular complexity index is 681. The molecular formula is C18H20N2O2. The van der Waals surface area contributed by atoms with Crippen LogP contribution in [0.3, 0.4) is 0 Å². The Labute approximate surface area is 130 Å². The van der Waals surface area contributed by atoms with Crippen LogP contribution in [-0.2, 0) is 9.59 Å². The molecule has 0 aliphatic carbocycles. The summed E-state index contributed by atoms with van der Waals surface area (Å²) in [5.74, 6) is -0.376. The SMILES string of the molecule is CC(=O)N(CC(=O)Nc1ccccc1)c1cccc(C)c1C. The zero-order chi connectivity index (χ0) is 16.1. The number of carbonyl (C=O) groups excluding carboxylic acids is 2. The fourth-order valence-corrected chi connectivity index (χ4v) is 2.26. The summed E-state index contributed by atoms with van der Waals surface area (Å²) in [6, 6.07) is 14.9. The summed E-state index contributed by atoms with van der Waals surface area (Å²) >= 11 is 0. The predicted octanol–water partition coefficient (Wildman–Crippen LogP) is 3.30. The van der Waals surface area contributed by atoms with Gasteiger partial charge < -0.3 is 10.2 Å². The molecule has 22 heavy (non-hydrogen) atoms. The quantitative estimate of drug-likeness (QED) is 0.941. The van der Waals surface area contributed by atoms with Gasteiger partial charge in [0.05, 0.1) is 0 Å². The first-order valence-electron chi connectivity index (χ1n) is 7.18. The molecule has 0 aromatic heterocycles. The third-order valence-electron chi connectivity index (χ3n) is 3.61. The van der Waals surface area contributed by atoms with Crippen molar-refractivity contribution in [3.63, 3.8) is 0 Å². The Morgan fingerprint density at radius 3 is 2.32 bits per heavy atom. The van der Waals surface area contributed by atoms with Crippen molar-refractivity contribution in [3.8, 4) is 0 Å². The summed E-state index contributed by atoms with van der Waals surface area (Å²) in [4.78, 5) is 25.6. The van der Waals surface area contributed by atoms with Gasteiger partial charge in [-0.3, -0.25) is 9.59 Å².